The smallest absolute Gasteiger partial charge is 0.234 e. The number of aryl methyl sites for hydroxylation is 1. The van der Waals surface area contributed by atoms with Crippen molar-refractivity contribution in [3.63, 3.8) is 0 Å². The third-order valence-corrected chi connectivity index (χ3v) is 16.5. The van der Waals surface area contributed by atoms with Gasteiger partial charge in [0.15, 0.2) is 11.6 Å². The molecule has 11 nitrogen and oxygen atoms in total. The van der Waals surface area contributed by atoms with Crippen LogP contribution in [0.15, 0.2) is 95.0 Å². The van der Waals surface area contributed by atoms with Crippen LogP contribution in [-0.2, 0) is 16.0 Å². The lowest BCUT2D eigenvalue weighted by Crippen LogP contribution is -2.66. The van der Waals surface area contributed by atoms with E-state index in [4.69, 9.17) is 20.9 Å². The number of aromatic nitrogens is 1. The van der Waals surface area contributed by atoms with E-state index in [9.17, 15) is 24.8 Å². The molecule has 1 saturated carbocycles. The Labute approximate surface area is 425 Å². The molecule has 0 radical (unpaired) electrons. The van der Waals surface area contributed by atoms with E-state index >= 15 is 0 Å². The summed E-state index contributed by atoms with van der Waals surface area (Å²) in [7, 11) is 0. The number of ether oxygens (including phenoxy) is 1. The molecule has 2 aliphatic heterocycles. The molecule has 4 aliphatic rings. The first-order valence-electron chi connectivity index (χ1n) is 25.8. The zero-order valence-corrected chi connectivity index (χ0v) is 43.7. The second kappa shape index (κ2) is 21.7. The van der Waals surface area contributed by atoms with E-state index in [1.165, 1.54) is 16.7 Å². The molecule has 1 N–H and O–H groups in total. The number of halogens is 1. The van der Waals surface area contributed by atoms with Gasteiger partial charge in [0, 0.05) is 86.2 Å². The van der Waals surface area contributed by atoms with Crippen molar-refractivity contribution >= 4 is 40.3 Å². The van der Waals surface area contributed by atoms with Crippen molar-refractivity contribution in [2.45, 2.75) is 130 Å². The summed E-state index contributed by atoms with van der Waals surface area (Å²) in [5, 5.41) is 24.8. The fourth-order valence-corrected chi connectivity index (χ4v) is 12.5. The second-order valence-corrected chi connectivity index (χ2v) is 22.6. The maximum atomic E-state index is 14.3. The number of anilines is 1. The van der Waals surface area contributed by atoms with E-state index in [1.54, 1.807) is 23.1 Å². The minimum Gasteiger partial charge on any atom is -0.489 e. The number of benzene rings is 3. The van der Waals surface area contributed by atoms with Gasteiger partial charge in [0.25, 0.3) is 0 Å². The van der Waals surface area contributed by atoms with Gasteiger partial charge in [-0.1, -0.05) is 102 Å². The van der Waals surface area contributed by atoms with E-state index < -0.39 is 18.1 Å². The lowest BCUT2D eigenvalue weighted by atomic mass is 9.44. The predicted octanol–water partition coefficient (Wildman–Crippen LogP) is 11.2. The number of piperazine rings is 1. The van der Waals surface area contributed by atoms with Crippen LogP contribution in [0.3, 0.4) is 0 Å². The molecule has 3 aromatic carbocycles. The zero-order valence-electron chi connectivity index (χ0n) is 42.9. The van der Waals surface area contributed by atoms with Gasteiger partial charge in [0.1, 0.15) is 29.6 Å². The molecule has 376 valence electrons. The molecule has 1 amide bonds. The van der Waals surface area contributed by atoms with Crippen LogP contribution in [-0.4, -0.2) is 95.1 Å². The molecule has 1 aromatic heterocycles. The molecule has 2 aliphatic carbocycles. The Morgan fingerprint density at radius 3 is 2.28 bits per heavy atom. The molecular weight excluding hydrogens is 910 g/mol. The number of ketones is 2. The van der Waals surface area contributed by atoms with Crippen LogP contribution in [0.1, 0.15) is 144 Å². The number of hydrogen-bond donors (Lipinski definition) is 1. The monoisotopic (exact) mass is 982 g/mol. The van der Waals surface area contributed by atoms with Crippen LogP contribution in [0, 0.1) is 34.0 Å². The van der Waals surface area contributed by atoms with Gasteiger partial charge in [-0.25, -0.2) is 0 Å². The molecule has 3 heterocycles. The fraction of sp³-hybridized carbons (Fsp3) is 0.508. The van der Waals surface area contributed by atoms with Crippen LogP contribution >= 0.6 is 11.6 Å². The van der Waals surface area contributed by atoms with Gasteiger partial charge < -0.3 is 24.2 Å². The number of nitriles is 1. The number of carbonyl (C=O) groups is 3. The summed E-state index contributed by atoms with van der Waals surface area (Å²) in [6, 6.07) is 25.0. The number of Topliss-reactive ketones (excluding diaryl/α,β-unsaturated/α-hetero) is 2. The van der Waals surface area contributed by atoms with E-state index in [-0.39, 0.29) is 71.5 Å². The van der Waals surface area contributed by atoms with E-state index in [1.807, 2.05) is 32.0 Å². The van der Waals surface area contributed by atoms with Crippen molar-refractivity contribution in [3.8, 4) is 11.8 Å². The van der Waals surface area contributed by atoms with Gasteiger partial charge in [-0.05, 0) is 116 Å². The van der Waals surface area contributed by atoms with Crippen LogP contribution < -0.4 is 9.64 Å². The number of likely N-dealkylation sites (tertiary alicyclic amines) is 1. The molecule has 8 rings (SSSR count). The lowest BCUT2D eigenvalue weighted by molar-refractivity contribution is -0.196. The predicted molar refractivity (Wildman–Crippen MR) is 280 cm³/mol. The van der Waals surface area contributed by atoms with E-state index in [2.05, 4.69) is 111 Å². The standard InChI is InChI=1S/C59H72ClN5O6/c1-37(2)55(56(69)65-36-46(66)32-50(65)52(68)30-39(4)40-15-17-41(18-16-40)48-14-11-12-38(48)3)53-31-44(62-71-53)13-9-10-25-63-26-28-64(29-27-63)45-22-19-42(20-23-45)51(67)34-54-58(5,6)57(59(54,7)8)70-47-24-21-43(35-61)49(60)33-47/h11-12,15-24,31,33,37,39,46,50,54-55,57,66H,9-10,13-14,25-30,32,34,36H2,1-8H3/t39-,46-,50+,54?,55-,57?/m1/s1. The lowest BCUT2D eigenvalue weighted by Gasteiger charge is -2.63. The summed E-state index contributed by atoms with van der Waals surface area (Å²) >= 11 is 6.28. The van der Waals surface area contributed by atoms with Gasteiger partial charge in [-0.15, -0.1) is 0 Å². The number of aliphatic hydroxyl groups is 1. The van der Waals surface area contributed by atoms with Gasteiger partial charge >= 0.3 is 0 Å². The number of carbonyl (C=O) groups excluding carboxylic acids is 3. The third kappa shape index (κ3) is 11.3. The largest absolute Gasteiger partial charge is 0.489 e. The number of nitrogens with zero attached hydrogens (tertiary/aromatic N) is 5. The number of allylic oxidation sites excluding steroid dienone is 4. The summed E-state index contributed by atoms with van der Waals surface area (Å²) in [6.45, 7) is 21.6. The Balaban J connectivity index is 0.767. The molecular formula is C59H72ClN5O6. The number of unbranched alkanes of at least 4 members (excludes halogenated alkanes) is 1. The van der Waals surface area contributed by atoms with Crippen LogP contribution in [0.2, 0.25) is 5.02 Å². The van der Waals surface area contributed by atoms with Crippen molar-refractivity contribution in [2.75, 3.05) is 44.2 Å². The van der Waals surface area contributed by atoms with Crippen molar-refractivity contribution in [3.05, 3.63) is 129 Å². The van der Waals surface area contributed by atoms with Gasteiger partial charge in [0.05, 0.1) is 28.4 Å². The van der Waals surface area contributed by atoms with Crippen LogP contribution in [0.25, 0.3) is 5.57 Å². The average Bonchev–Trinajstić information content (AvgIpc) is 4.11. The van der Waals surface area contributed by atoms with E-state index in [0.717, 1.165) is 80.9 Å². The highest BCUT2D eigenvalue weighted by Crippen LogP contribution is 2.62. The molecule has 4 aromatic rings. The summed E-state index contributed by atoms with van der Waals surface area (Å²) in [4.78, 5) is 48.3. The summed E-state index contributed by atoms with van der Waals surface area (Å²) in [5.74, 6) is 0.434. The zero-order chi connectivity index (χ0) is 50.8. The van der Waals surface area contributed by atoms with Crippen molar-refractivity contribution in [2.24, 2.45) is 22.7 Å². The SMILES string of the molecule is CC1=C(c2ccc([C@H](C)CC(=O)[C@@H]3C[C@@H](O)CN3C(=O)[C@@H](c3cc(CCCCN4CCN(c5ccc(C(=O)CC6C(C)(C)C(Oc7ccc(C#N)c(Cl)c7)C6(C)C)cc5)CC4)no3)C(C)C)cc2)CC=C1. The highest BCUT2D eigenvalue weighted by Gasteiger charge is 2.63. The normalized spacial score (nSPS) is 22.6. The van der Waals surface area contributed by atoms with Crippen molar-refractivity contribution < 1.29 is 28.8 Å². The quantitative estimate of drug-likeness (QED) is 0.0713. The Bertz CT molecular complexity index is 2650. The first kappa shape index (κ1) is 51.8. The Kier molecular flexibility index (Phi) is 15.8. The molecule has 71 heavy (non-hydrogen) atoms. The average molecular weight is 983 g/mol. The maximum Gasteiger partial charge on any atom is 0.234 e. The number of β-amino-alcohol motifs (C(OH)–C–C–N with tert-alkyl or cyclic N) is 1. The number of aliphatic hydroxyl groups excluding tert-OH is 1. The molecule has 0 spiro atoms. The topological polar surface area (TPSA) is 140 Å². The number of amides is 1. The van der Waals surface area contributed by atoms with E-state index in [0.29, 0.717) is 28.5 Å². The highest BCUT2D eigenvalue weighted by molar-refractivity contribution is 6.31. The summed E-state index contributed by atoms with van der Waals surface area (Å²) in [6.07, 6.45) is 8.04. The molecule has 3 fully saturated rings. The molecule has 0 unspecified atom stereocenters. The summed E-state index contributed by atoms with van der Waals surface area (Å²) in [5.41, 5.74) is 7.50. The molecule has 12 heteroatoms. The number of hydrogen-bond acceptors (Lipinski definition) is 10. The maximum absolute atomic E-state index is 14.3. The minimum atomic E-state index is -0.755. The molecule has 4 atom stereocenters. The Morgan fingerprint density at radius 1 is 0.944 bits per heavy atom. The Hall–Kier alpha value is -5.54. The Morgan fingerprint density at radius 2 is 1.65 bits per heavy atom. The number of rotatable bonds is 19. The van der Waals surface area contributed by atoms with Gasteiger partial charge in [0.2, 0.25) is 5.91 Å². The fourth-order valence-electron chi connectivity index (χ4n) is 12.2. The van der Waals surface area contributed by atoms with Crippen LogP contribution in [0.5, 0.6) is 5.75 Å². The van der Waals surface area contributed by atoms with Crippen LogP contribution in [0.4, 0.5) is 5.69 Å². The highest BCUT2D eigenvalue weighted by atomic mass is 35.5. The minimum absolute atomic E-state index is 0.0276. The second-order valence-electron chi connectivity index (χ2n) is 22.2. The van der Waals surface area contributed by atoms with Gasteiger partial charge in [-0.3, -0.25) is 19.3 Å². The van der Waals surface area contributed by atoms with Crippen molar-refractivity contribution in [1.29, 1.82) is 5.26 Å². The summed E-state index contributed by atoms with van der Waals surface area (Å²) < 4.78 is 12.3. The molecule has 0 bridgehead atoms. The molecule has 2 saturated heterocycles. The third-order valence-electron chi connectivity index (χ3n) is 16.2. The van der Waals surface area contributed by atoms with Crippen molar-refractivity contribution in [1.82, 2.24) is 15.0 Å². The first-order valence-corrected chi connectivity index (χ1v) is 26.1. The first-order chi connectivity index (χ1) is 33.8. The van der Waals surface area contributed by atoms with Gasteiger partial charge in [-0.2, -0.15) is 5.26 Å².